The SMILES string of the molecule is CCCc1nc(C2CN(C(=O)C3CCOCC3)CC23CCC3)n[nH]1. The Morgan fingerprint density at radius 3 is 2.83 bits per heavy atom. The van der Waals surface area contributed by atoms with Crippen LogP contribution in [-0.4, -0.2) is 52.3 Å². The normalized spacial score (nSPS) is 26.7. The van der Waals surface area contributed by atoms with Gasteiger partial charge in [0.25, 0.3) is 0 Å². The molecule has 2 saturated heterocycles. The minimum absolute atomic E-state index is 0.150. The number of aryl methyl sites for hydroxylation is 1. The number of nitrogens with zero attached hydrogens (tertiary/aromatic N) is 3. The molecule has 1 unspecified atom stereocenters. The van der Waals surface area contributed by atoms with E-state index in [0.29, 0.717) is 11.8 Å². The van der Waals surface area contributed by atoms with E-state index < -0.39 is 0 Å². The molecule has 1 aromatic heterocycles. The van der Waals surface area contributed by atoms with E-state index in [1.54, 1.807) is 0 Å². The highest BCUT2D eigenvalue weighted by Crippen LogP contribution is 2.55. The number of aromatic amines is 1. The van der Waals surface area contributed by atoms with Crippen molar-refractivity contribution in [2.75, 3.05) is 26.3 Å². The van der Waals surface area contributed by atoms with Crippen LogP contribution >= 0.6 is 0 Å². The molecule has 3 heterocycles. The zero-order valence-electron chi connectivity index (χ0n) is 14.6. The number of carbonyl (C=O) groups is 1. The summed E-state index contributed by atoms with van der Waals surface area (Å²) in [5.41, 5.74) is 0.229. The van der Waals surface area contributed by atoms with Gasteiger partial charge in [-0.2, -0.15) is 5.10 Å². The number of nitrogens with one attached hydrogen (secondary N) is 1. The molecular formula is C18H28N4O2. The van der Waals surface area contributed by atoms with Crippen LogP contribution in [0.5, 0.6) is 0 Å². The molecule has 6 heteroatoms. The molecule has 0 aromatic carbocycles. The summed E-state index contributed by atoms with van der Waals surface area (Å²) < 4.78 is 5.41. The lowest BCUT2D eigenvalue weighted by atomic mass is 9.62. The van der Waals surface area contributed by atoms with Gasteiger partial charge in [0.05, 0.1) is 0 Å². The first-order valence-electron chi connectivity index (χ1n) is 9.49. The summed E-state index contributed by atoms with van der Waals surface area (Å²) in [4.78, 5) is 19.8. The Kier molecular flexibility index (Phi) is 4.33. The van der Waals surface area contributed by atoms with Crippen molar-refractivity contribution in [3.05, 3.63) is 11.6 Å². The molecule has 3 aliphatic rings. The second kappa shape index (κ2) is 6.47. The molecule has 1 aliphatic carbocycles. The Hall–Kier alpha value is -1.43. The third-order valence-electron chi connectivity index (χ3n) is 6.23. The van der Waals surface area contributed by atoms with Gasteiger partial charge in [-0.15, -0.1) is 0 Å². The van der Waals surface area contributed by atoms with Gasteiger partial charge >= 0.3 is 0 Å². The molecule has 1 spiro atoms. The minimum Gasteiger partial charge on any atom is -0.381 e. The van der Waals surface area contributed by atoms with Crippen molar-refractivity contribution in [1.82, 2.24) is 20.1 Å². The van der Waals surface area contributed by atoms with Crippen molar-refractivity contribution >= 4 is 5.91 Å². The summed E-state index contributed by atoms with van der Waals surface area (Å²) in [6, 6.07) is 0. The average molecular weight is 332 g/mol. The quantitative estimate of drug-likeness (QED) is 0.918. The van der Waals surface area contributed by atoms with Crippen molar-refractivity contribution < 1.29 is 9.53 Å². The molecule has 2 aliphatic heterocycles. The number of rotatable bonds is 4. The maximum atomic E-state index is 12.9. The Bertz CT molecular complexity index is 590. The molecule has 1 amide bonds. The van der Waals surface area contributed by atoms with Crippen LogP contribution in [0.4, 0.5) is 0 Å². The van der Waals surface area contributed by atoms with Crippen LogP contribution in [0.15, 0.2) is 0 Å². The van der Waals surface area contributed by atoms with Gasteiger partial charge < -0.3 is 9.64 Å². The molecule has 1 atom stereocenters. The van der Waals surface area contributed by atoms with Gasteiger partial charge in [0.1, 0.15) is 5.82 Å². The molecule has 1 saturated carbocycles. The lowest BCUT2D eigenvalue weighted by Crippen LogP contribution is -2.40. The Labute approximate surface area is 143 Å². The van der Waals surface area contributed by atoms with Gasteiger partial charge in [-0.3, -0.25) is 9.89 Å². The first kappa shape index (κ1) is 16.1. The second-order valence-electron chi connectivity index (χ2n) is 7.76. The van der Waals surface area contributed by atoms with Crippen LogP contribution in [0.1, 0.15) is 63.0 Å². The van der Waals surface area contributed by atoms with E-state index >= 15 is 0 Å². The molecule has 6 nitrogen and oxygen atoms in total. The molecule has 132 valence electrons. The van der Waals surface area contributed by atoms with Gasteiger partial charge in [0, 0.05) is 44.6 Å². The van der Waals surface area contributed by atoms with E-state index in [2.05, 4.69) is 22.0 Å². The Morgan fingerprint density at radius 1 is 1.38 bits per heavy atom. The van der Waals surface area contributed by atoms with Crippen LogP contribution in [-0.2, 0) is 16.0 Å². The van der Waals surface area contributed by atoms with Crippen LogP contribution in [0.3, 0.4) is 0 Å². The average Bonchev–Trinajstić information content (AvgIpc) is 3.19. The van der Waals surface area contributed by atoms with Crippen molar-refractivity contribution in [3.8, 4) is 0 Å². The van der Waals surface area contributed by atoms with Crippen molar-refractivity contribution in [3.63, 3.8) is 0 Å². The lowest BCUT2D eigenvalue weighted by Gasteiger charge is -2.41. The third kappa shape index (κ3) is 2.75. The molecular weight excluding hydrogens is 304 g/mol. The smallest absolute Gasteiger partial charge is 0.225 e. The molecule has 1 N–H and O–H groups in total. The first-order chi connectivity index (χ1) is 11.7. The van der Waals surface area contributed by atoms with Crippen LogP contribution in [0.25, 0.3) is 0 Å². The molecule has 0 bridgehead atoms. The fourth-order valence-electron chi connectivity index (χ4n) is 4.65. The Morgan fingerprint density at radius 2 is 2.17 bits per heavy atom. The predicted octanol–water partition coefficient (Wildman–Crippen LogP) is 2.28. The number of amides is 1. The predicted molar refractivity (Wildman–Crippen MR) is 89.5 cm³/mol. The van der Waals surface area contributed by atoms with E-state index in [1.807, 2.05) is 0 Å². The molecule has 4 rings (SSSR count). The van der Waals surface area contributed by atoms with Crippen LogP contribution in [0, 0.1) is 11.3 Å². The molecule has 0 radical (unpaired) electrons. The van der Waals surface area contributed by atoms with E-state index in [4.69, 9.17) is 9.72 Å². The summed E-state index contributed by atoms with van der Waals surface area (Å²) in [5, 5.41) is 7.60. The van der Waals surface area contributed by atoms with Crippen LogP contribution < -0.4 is 0 Å². The minimum atomic E-state index is 0.150. The number of hydrogen-bond donors (Lipinski definition) is 1. The maximum absolute atomic E-state index is 12.9. The highest BCUT2D eigenvalue weighted by Gasteiger charge is 2.53. The highest BCUT2D eigenvalue weighted by molar-refractivity contribution is 5.79. The van der Waals surface area contributed by atoms with Gasteiger partial charge in [0.15, 0.2) is 5.82 Å². The first-order valence-corrected chi connectivity index (χ1v) is 9.49. The van der Waals surface area contributed by atoms with E-state index in [-0.39, 0.29) is 11.3 Å². The number of H-pyrrole nitrogens is 1. The van der Waals surface area contributed by atoms with E-state index in [1.165, 1.54) is 19.3 Å². The number of ether oxygens (including phenoxy) is 1. The topological polar surface area (TPSA) is 71.1 Å². The Balaban J connectivity index is 1.50. The van der Waals surface area contributed by atoms with E-state index in [0.717, 1.165) is 63.6 Å². The number of likely N-dealkylation sites (tertiary alicyclic amines) is 1. The number of carbonyl (C=O) groups excluding carboxylic acids is 1. The lowest BCUT2D eigenvalue weighted by molar-refractivity contribution is -0.138. The maximum Gasteiger partial charge on any atom is 0.225 e. The second-order valence-corrected chi connectivity index (χ2v) is 7.76. The van der Waals surface area contributed by atoms with Gasteiger partial charge in [-0.25, -0.2) is 4.98 Å². The fourth-order valence-corrected chi connectivity index (χ4v) is 4.65. The highest BCUT2D eigenvalue weighted by atomic mass is 16.5. The number of hydrogen-bond acceptors (Lipinski definition) is 4. The summed E-state index contributed by atoms with van der Waals surface area (Å²) >= 11 is 0. The standard InChI is InChI=1S/C18H28N4O2/c1-2-4-15-19-16(21-20-15)14-11-22(12-18(14)7-3-8-18)17(23)13-5-9-24-10-6-13/h13-14H,2-12H2,1H3,(H,19,20,21). The summed E-state index contributed by atoms with van der Waals surface area (Å²) in [5.74, 6) is 2.70. The monoisotopic (exact) mass is 332 g/mol. The fraction of sp³-hybridized carbons (Fsp3) is 0.833. The summed E-state index contributed by atoms with van der Waals surface area (Å²) in [6.07, 6.45) is 7.42. The van der Waals surface area contributed by atoms with Crippen molar-refractivity contribution in [1.29, 1.82) is 0 Å². The van der Waals surface area contributed by atoms with E-state index in [9.17, 15) is 4.79 Å². The largest absolute Gasteiger partial charge is 0.381 e. The molecule has 3 fully saturated rings. The van der Waals surface area contributed by atoms with Gasteiger partial charge in [-0.05, 0) is 37.5 Å². The van der Waals surface area contributed by atoms with Gasteiger partial charge in [-0.1, -0.05) is 13.3 Å². The third-order valence-corrected chi connectivity index (χ3v) is 6.23. The van der Waals surface area contributed by atoms with Crippen molar-refractivity contribution in [2.45, 2.75) is 57.8 Å². The summed E-state index contributed by atoms with van der Waals surface area (Å²) in [7, 11) is 0. The molecule has 1 aromatic rings. The molecule has 24 heavy (non-hydrogen) atoms. The summed E-state index contributed by atoms with van der Waals surface area (Å²) in [6.45, 7) is 5.28. The number of aromatic nitrogens is 3. The zero-order valence-corrected chi connectivity index (χ0v) is 14.6. The van der Waals surface area contributed by atoms with Gasteiger partial charge in [0.2, 0.25) is 5.91 Å². The van der Waals surface area contributed by atoms with Crippen molar-refractivity contribution in [2.24, 2.45) is 11.3 Å². The van der Waals surface area contributed by atoms with Crippen LogP contribution in [0.2, 0.25) is 0 Å². The zero-order chi connectivity index (χ0) is 16.6.